The highest BCUT2D eigenvalue weighted by molar-refractivity contribution is 8.00. The summed E-state index contributed by atoms with van der Waals surface area (Å²) < 4.78 is 31.3. The molecular weight excluding hydrogens is 366 g/mol. The molecule has 0 radical (unpaired) electrons. The molecule has 2 amide bonds. The third kappa shape index (κ3) is 8.28. The van der Waals surface area contributed by atoms with E-state index in [9.17, 15) is 23.2 Å². The molecule has 0 unspecified atom stereocenters. The molecule has 1 aromatic carbocycles. The zero-order chi connectivity index (χ0) is 19.9. The van der Waals surface area contributed by atoms with E-state index in [2.05, 4.69) is 5.32 Å². The standard InChI is InChI=1S/C17H22F2N2O4S/c1-17(2,3)20-14(22)8-21(4)15(23)9-25-16(24)10-26-13-7-11(18)5-6-12(13)19/h5-7H,8-10H2,1-4H3,(H,20,22). The van der Waals surface area contributed by atoms with Gasteiger partial charge in [0.15, 0.2) is 6.61 Å². The summed E-state index contributed by atoms with van der Waals surface area (Å²) in [4.78, 5) is 36.4. The lowest BCUT2D eigenvalue weighted by molar-refractivity contribution is -0.149. The van der Waals surface area contributed by atoms with Gasteiger partial charge < -0.3 is 15.0 Å². The molecule has 0 aliphatic heterocycles. The average molecular weight is 388 g/mol. The van der Waals surface area contributed by atoms with E-state index in [4.69, 9.17) is 4.74 Å². The Kier molecular flexibility index (Phi) is 8.01. The minimum absolute atomic E-state index is 0.0238. The number of halogens is 2. The number of carbonyl (C=O) groups is 3. The van der Waals surface area contributed by atoms with Gasteiger partial charge in [0.2, 0.25) is 5.91 Å². The smallest absolute Gasteiger partial charge is 0.316 e. The Bertz CT molecular complexity index is 677. The molecule has 0 saturated heterocycles. The Balaban J connectivity index is 2.38. The SMILES string of the molecule is CN(CC(=O)NC(C)(C)C)C(=O)COC(=O)CSc1cc(F)ccc1F. The van der Waals surface area contributed by atoms with E-state index >= 15 is 0 Å². The third-order valence-corrected chi connectivity index (χ3v) is 3.92. The lowest BCUT2D eigenvalue weighted by Gasteiger charge is -2.23. The van der Waals surface area contributed by atoms with Gasteiger partial charge in [0, 0.05) is 17.5 Å². The predicted octanol–water partition coefficient (Wildman–Crippen LogP) is 1.97. The molecule has 0 heterocycles. The number of ether oxygens (including phenoxy) is 1. The van der Waals surface area contributed by atoms with Gasteiger partial charge in [-0.1, -0.05) is 0 Å². The molecule has 0 aliphatic rings. The first-order valence-corrected chi connectivity index (χ1v) is 8.75. The number of hydrogen-bond acceptors (Lipinski definition) is 5. The number of nitrogens with zero attached hydrogens (tertiary/aromatic N) is 1. The number of hydrogen-bond donors (Lipinski definition) is 1. The number of esters is 1. The van der Waals surface area contributed by atoms with Crippen LogP contribution in [0.4, 0.5) is 8.78 Å². The van der Waals surface area contributed by atoms with Gasteiger partial charge >= 0.3 is 5.97 Å². The Labute approximate surface area is 155 Å². The van der Waals surface area contributed by atoms with E-state index in [1.807, 2.05) is 20.8 Å². The molecule has 0 aromatic heterocycles. The van der Waals surface area contributed by atoms with E-state index in [0.717, 1.165) is 34.9 Å². The van der Waals surface area contributed by atoms with Crippen LogP contribution in [0.5, 0.6) is 0 Å². The minimum atomic E-state index is -0.750. The molecule has 6 nitrogen and oxygen atoms in total. The van der Waals surface area contributed by atoms with Crippen molar-refractivity contribution >= 4 is 29.5 Å². The van der Waals surface area contributed by atoms with Crippen molar-refractivity contribution in [3.05, 3.63) is 29.8 Å². The summed E-state index contributed by atoms with van der Waals surface area (Å²) >= 11 is 0.768. The molecule has 0 atom stereocenters. The van der Waals surface area contributed by atoms with Crippen molar-refractivity contribution in [2.24, 2.45) is 0 Å². The van der Waals surface area contributed by atoms with E-state index < -0.39 is 35.7 Å². The summed E-state index contributed by atoms with van der Waals surface area (Å²) in [6.07, 6.45) is 0. The van der Waals surface area contributed by atoms with Gasteiger partial charge in [-0.05, 0) is 39.0 Å². The van der Waals surface area contributed by atoms with Crippen molar-refractivity contribution in [2.45, 2.75) is 31.2 Å². The van der Waals surface area contributed by atoms with Crippen LogP contribution in [-0.2, 0) is 19.1 Å². The zero-order valence-electron chi connectivity index (χ0n) is 15.1. The maximum Gasteiger partial charge on any atom is 0.316 e. The van der Waals surface area contributed by atoms with Gasteiger partial charge in [0.05, 0.1) is 12.3 Å². The monoisotopic (exact) mass is 388 g/mol. The van der Waals surface area contributed by atoms with Crippen LogP contribution in [0.15, 0.2) is 23.1 Å². The molecule has 0 fully saturated rings. The summed E-state index contributed by atoms with van der Waals surface area (Å²) in [5, 5.41) is 2.71. The summed E-state index contributed by atoms with van der Waals surface area (Å²) in [6, 6.07) is 2.91. The van der Waals surface area contributed by atoms with Crippen LogP contribution in [0, 0.1) is 11.6 Å². The molecule has 26 heavy (non-hydrogen) atoms. The van der Waals surface area contributed by atoms with E-state index in [-0.39, 0.29) is 23.1 Å². The maximum absolute atomic E-state index is 13.4. The van der Waals surface area contributed by atoms with Gasteiger partial charge in [-0.15, -0.1) is 11.8 Å². The van der Waals surface area contributed by atoms with E-state index in [0.29, 0.717) is 0 Å². The molecule has 0 bridgehead atoms. The maximum atomic E-state index is 13.4. The molecule has 1 N–H and O–H groups in total. The van der Waals surface area contributed by atoms with Gasteiger partial charge in [-0.25, -0.2) is 8.78 Å². The first kappa shape index (κ1) is 21.9. The van der Waals surface area contributed by atoms with E-state index in [1.165, 1.54) is 7.05 Å². The average Bonchev–Trinajstić information content (AvgIpc) is 2.51. The first-order valence-electron chi connectivity index (χ1n) is 7.76. The van der Waals surface area contributed by atoms with Crippen LogP contribution in [0.1, 0.15) is 20.8 Å². The molecule has 9 heteroatoms. The number of thioether (sulfide) groups is 1. The second-order valence-electron chi connectivity index (χ2n) is 6.57. The molecule has 144 valence electrons. The second kappa shape index (κ2) is 9.51. The molecule has 0 spiro atoms. The summed E-state index contributed by atoms with van der Waals surface area (Å²) in [5.41, 5.74) is -0.420. The van der Waals surface area contributed by atoms with Gasteiger partial charge in [0.25, 0.3) is 5.91 Å². The fourth-order valence-electron chi connectivity index (χ4n) is 1.78. The topological polar surface area (TPSA) is 75.7 Å². The first-order chi connectivity index (χ1) is 12.0. The summed E-state index contributed by atoms with van der Waals surface area (Å²) in [6.45, 7) is 4.73. The summed E-state index contributed by atoms with van der Waals surface area (Å²) in [7, 11) is 1.41. The highest BCUT2D eigenvalue weighted by Gasteiger charge is 2.19. The number of nitrogens with one attached hydrogen (secondary N) is 1. The van der Waals surface area contributed by atoms with Gasteiger partial charge in [0.1, 0.15) is 11.6 Å². The van der Waals surface area contributed by atoms with Crippen LogP contribution in [-0.4, -0.2) is 54.2 Å². The van der Waals surface area contributed by atoms with Gasteiger partial charge in [-0.2, -0.15) is 0 Å². The largest absolute Gasteiger partial charge is 0.455 e. The molecule has 1 aromatic rings. The quantitative estimate of drug-likeness (QED) is 0.571. The van der Waals surface area contributed by atoms with Crippen LogP contribution in [0.3, 0.4) is 0 Å². The minimum Gasteiger partial charge on any atom is -0.455 e. The molecule has 1 rings (SSSR count). The number of rotatable bonds is 7. The number of amides is 2. The second-order valence-corrected chi connectivity index (χ2v) is 7.59. The van der Waals surface area contributed by atoms with Crippen molar-refractivity contribution in [3.63, 3.8) is 0 Å². The Hall–Kier alpha value is -2.16. The Morgan fingerprint density at radius 3 is 2.50 bits per heavy atom. The number of benzene rings is 1. The molecular formula is C17H22F2N2O4S. The Morgan fingerprint density at radius 1 is 1.23 bits per heavy atom. The predicted molar refractivity (Wildman–Crippen MR) is 93.6 cm³/mol. The number of carbonyl (C=O) groups excluding carboxylic acids is 3. The Morgan fingerprint density at radius 2 is 1.88 bits per heavy atom. The lowest BCUT2D eigenvalue weighted by atomic mass is 10.1. The molecule has 0 aliphatic carbocycles. The van der Waals surface area contributed by atoms with Gasteiger partial charge in [-0.3, -0.25) is 14.4 Å². The van der Waals surface area contributed by atoms with E-state index in [1.54, 1.807) is 0 Å². The normalized spacial score (nSPS) is 11.0. The lowest BCUT2D eigenvalue weighted by Crippen LogP contribution is -2.46. The van der Waals surface area contributed by atoms with Crippen molar-refractivity contribution in [3.8, 4) is 0 Å². The van der Waals surface area contributed by atoms with Crippen molar-refractivity contribution in [2.75, 3.05) is 26.0 Å². The van der Waals surface area contributed by atoms with Crippen LogP contribution < -0.4 is 5.32 Å². The highest BCUT2D eigenvalue weighted by atomic mass is 32.2. The third-order valence-electron chi connectivity index (χ3n) is 2.92. The summed E-state index contributed by atoms with van der Waals surface area (Å²) in [5.74, 6) is -3.18. The zero-order valence-corrected chi connectivity index (χ0v) is 15.9. The molecule has 0 saturated carbocycles. The van der Waals surface area contributed by atoms with Crippen molar-refractivity contribution in [1.29, 1.82) is 0 Å². The fraction of sp³-hybridized carbons (Fsp3) is 0.471. The van der Waals surface area contributed by atoms with Crippen LogP contribution in [0.2, 0.25) is 0 Å². The fourth-order valence-corrected chi connectivity index (χ4v) is 2.54. The van der Waals surface area contributed by atoms with Crippen molar-refractivity contribution in [1.82, 2.24) is 10.2 Å². The highest BCUT2D eigenvalue weighted by Crippen LogP contribution is 2.22. The van der Waals surface area contributed by atoms with Crippen molar-refractivity contribution < 1.29 is 27.9 Å². The van der Waals surface area contributed by atoms with Crippen LogP contribution >= 0.6 is 11.8 Å². The number of likely N-dealkylation sites (N-methyl/N-ethyl adjacent to an activating group) is 1. The van der Waals surface area contributed by atoms with Crippen LogP contribution in [0.25, 0.3) is 0 Å².